The smallest absolute Gasteiger partial charge is 1.00 e. The van der Waals surface area contributed by atoms with Crippen LogP contribution in [0.5, 0.6) is 0 Å². The molecule has 0 aliphatic carbocycles. The van der Waals surface area contributed by atoms with Crippen LogP contribution in [0.2, 0.25) is 0 Å². The summed E-state index contributed by atoms with van der Waals surface area (Å²) in [6.45, 7) is 0. The number of carbonyl (C=O) groups is 2. The fraction of sp³-hybridized carbons (Fsp3) is 0.500. The molecule has 0 aromatic carbocycles. The van der Waals surface area contributed by atoms with Crippen LogP contribution >= 0.6 is 0 Å². The van der Waals surface area contributed by atoms with Crippen molar-refractivity contribution < 1.29 is 99.3 Å². The van der Waals surface area contributed by atoms with E-state index in [2.05, 4.69) is 0 Å². The number of carboxylic acids is 2. The van der Waals surface area contributed by atoms with Crippen molar-refractivity contribution in [2.75, 3.05) is 0 Å². The van der Waals surface area contributed by atoms with Gasteiger partial charge in [0.25, 0.3) is 0 Å². The molecule has 13 heavy (non-hydrogen) atoms. The van der Waals surface area contributed by atoms with Crippen molar-refractivity contribution in [3.63, 3.8) is 0 Å². The van der Waals surface area contributed by atoms with E-state index in [1.807, 2.05) is 0 Å². The molecular weight excluding hydrogens is 256 g/mol. The maximum absolute atomic E-state index is 9.77. The molecule has 0 aromatic heterocycles. The van der Waals surface area contributed by atoms with Crippen molar-refractivity contribution in [1.82, 2.24) is 6.15 Å². The minimum absolute atomic E-state index is 0. The molecule has 7 N–H and O–H groups in total. The largest absolute Gasteiger partial charge is 1.00 e. The Morgan fingerprint density at radius 2 is 1.15 bits per heavy atom. The number of aliphatic carboxylic acids is 2. The van der Waals surface area contributed by atoms with E-state index in [0.717, 1.165) is 0 Å². The maximum Gasteiger partial charge on any atom is 1.00 e. The van der Waals surface area contributed by atoms with Gasteiger partial charge in [-0.1, -0.05) is 0 Å². The molecule has 9 heteroatoms. The Morgan fingerprint density at radius 3 is 1.23 bits per heavy atom. The van der Waals surface area contributed by atoms with Gasteiger partial charge in [-0.2, -0.15) is 0 Å². The predicted molar refractivity (Wildman–Crippen MR) is 33.4 cm³/mol. The predicted octanol–water partition coefficient (Wildman–Crippen LogP) is -4.85. The number of hydrogen-bond donors (Lipinski definition) is 5. The van der Waals surface area contributed by atoms with Crippen molar-refractivity contribution in [1.29, 1.82) is 0 Å². The van der Waals surface area contributed by atoms with Crippen molar-refractivity contribution >= 4 is 11.9 Å². The summed E-state index contributed by atoms with van der Waals surface area (Å²) in [5.74, 6) is -3.54. The molecule has 0 fully saturated rings. The van der Waals surface area contributed by atoms with Crippen LogP contribution in [0, 0.1) is 0 Å². The Hall–Kier alpha value is 0.950. The second kappa shape index (κ2) is 11.0. The van der Waals surface area contributed by atoms with Crippen LogP contribution < -0.4 is 57.5 Å². The third-order valence-electron chi connectivity index (χ3n) is 0.805. The standard InChI is InChI=1S/C4H6O6.K.H3N.Ni.H/c5-1(3(7)8)2(6)4(9)10;;;;/h1-2,5-6H,(H,7,8)(H,9,10);;1H3;;/q;+1;;;-1. The summed E-state index contributed by atoms with van der Waals surface area (Å²) < 4.78 is 0. The molecule has 0 bridgehead atoms. The third-order valence-corrected chi connectivity index (χ3v) is 0.805. The van der Waals surface area contributed by atoms with E-state index < -0.39 is 24.1 Å². The number of aliphatic hydroxyl groups excluding tert-OH is 2. The van der Waals surface area contributed by atoms with Gasteiger partial charge in [-0.3, -0.25) is 0 Å². The molecular formula is C4H10KNNiO6. The van der Waals surface area contributed by atoms with E-state index in [-0.39, 0.29) is 75.5 Å². The van der Waals surface area contributed by atoms with Gasteiger partial charge in [0, 0.05) is 16.5 Å². The monoisotopic (exact) mass is 265 g/mol. The summed E-state index contributed by atoms with van der Waals surface area (Å²) in [7, 11) is 0. The average Bonchev–Trinajstić information content (AvgIpc) is 1.84. The molecule has 2 unspecified atom stereocenters. The molecule has 78 valence electrons. The minimum atomic E-state index is -2.27. The van der Waals surface area contributed by atoms with Gasteiger partial charge in [-0.05, 0) is 0 Å². The van der Waals surface area contributed by atoms with Crippen molar-refractivity contribution in [3.05, 3.63) is 0 Å². The molecule has 0 aliphatic rings. The molecule has 0 radical (unpaired) electrons. The molecule has 0 amide bonds. The topological polar surface area (TPSA) is 150 Å². The van der Waals surface area contributed by atoms with Gasteiger partial charge in [-0.15, -0.1) is 0 Å². The van der Waals surface area contributed by atoms with Gasteiger partial charge >= 0.3 is 63.3 Å². The summed E-state index contributed by atoms with van der Waals surface area (Å²) in [4.78, 5) is 19.5. The van der Waals surface area contributed by atoms with E-state index in [1.54, 1.807) is 0 Å². The van der Waals surface area contributed by atoms with Gasteiger partial charge < -0.3 is 28.0 Å². The zero-order valence-electron chi connectivity index (χ0n) is 7.78. The van der Waals surface area contributed by atoms with E-state index in [0.29, 0.717) is 0 Å². The first kappa shape index (κ1) is 23.6. The molecule has 2 atom stereocenters. The van der Waals surface area contributed by atoms with Crippen LogP contribution in [0.4, 0.5) is 0 Å². The first-order valence-corrected chi connectivity index (χ1v) is 2.28. The SMILES string of the molecule is N.O=C(O)C(O)C(O)C(=O)O.[H-].[K+].[Ni]. The number of rotatable bonds is 3. The van der Waals surface area contributed by atoms with Gasteiger partial charge in [0.15, 0.2) is 12.2 Å². The number of aliphatic hydroxyl groups is 2. The molecule has 0 spiro atoms. The molecule has 7 nitrogen and oxygen atoms in total. The van der Waals surface area contributed by atoms with Crippen LogP contribution in [-0.4, -0.2) is 44.6 Å². The van der Waals surface area contributed by atoms with Gasteiger partial charge in [-0.25, -0.2) is 9.59 Å². The molecule has 0 saturated heterocycles. The summed E-state index contributed by atoms with van der Waals surface area (Å²) >= 11 is 0. The van der Waals surface area contributed by atoms with Crippen molar-refractivity contribution in [2.45, 2.75) is 12.2 Å². The Labute approximate surface area is 128 Å². The zero-order valence-corrected chi connectivity index (χ0v) is 10.9. The van der Waals surface area contributed by atoms with Crippen LogP contribution in [0.15, 0.2) is 0 Å². The molecule has 0 aliphatic heterocycles. The van der Waals surface area contributed by atoms with Crippen LogP contribution in [0.3, 0.4) is 0 Å². The number of carboxylic acid groups (broad SMARTS) is 2. The summed E-state index contributed by atoms with van der Waals surface area (Å²) in [6, 6.07) is 0. The Bertz CT molecular complexity index is 154. The van der Waals surface area contributed by atoms with E-state index in [9.17, 15) is 9.59 Å². The minimum Gasteiger partial charge on any atom is -1.00 e. The normalized spacial score (nSPS) is 12.2. The molecule has 0 heterocycles. The Kier molecular flexibility index (Phi) is 20.0. The van der Waals surface area contributed by atoms with Crippen LogP contribution in [0.25, 0.3) is 0 Å². The van der Waals surface area contributed by atoms with E-state index in [1.165, 1.54) is 0 Å². The summed E-state index contributed by atoms with van der Waals surface area (Å²) in [5, 5.41) is 32.5. The van der Waals surface area contributed by atoms with E-state index in [4.69, 9.17) is 20.4 Å². The third kappa shape index (κ3) is 9.26. The fourth-order valence-corrected chi connectivity index (χ4v) is 0.270. The van der Waals surface area contributed by atoms with Crippen LogP contribution in [-0.2, 0) is 26.1 Å². The quantitative estimate of drug-likeness (QED) is 0.321. The zero-order chi connectivity index (χ0) is 8.31. The Balaban J connectivity index is -0.0000000675. The van der Waals surface area contributed by atoms with Gasteiger partial charge in [0.05, 0.1) is 0 Å². The second-order valence-electron chi connectivity index (χ2n) is 1.57. The maximum atomic E-state index is 9.77. The summed E-state index contributed by atoms with van der Waals surface area (Å²) in [6.07, 6.45) is -4.53. The van der Waals surface area contributed by atoms with E-state index >= 15 is 0 Å². The summed E-state index contributed by atoms with van der Waals surface area (Å²) in [5.41, 5.74) is 0. The van der Waals surface area contributed by atoms with Crippen molar-refractivity contribution in [3.8, 4) is 0 Å². The van der Waals surface area contributed by atoms with Crippen molar-refractivity contribution in [2.24, 2.45) is 0 Å². The molecule has 0 saturated carbocycles. The first-order valence-electron chi connectivity index (χ1n) is 2.28. The fourth-order valence-electron chi connectivity index (χ4n) is 0.270. The number of hydrogen-bond acceptors (Lipinski definition) is 5. The van der Waals surface area contributed by atoms with Gasteiger partial charge in [0.2, 0.25) is 0 Å². The Morgan fingerprint density at radius 1 is 1.00 bits per heavy atom. The first-order chi connectivity index (χ1) is 4.46. The van der Waals surface area contributed by atoms with Crippen LogP contribution in [0.1, 0.15) is 1.43 Å². The second-order valence-corrected chi connectivity index (χ2v) is 1.57. The van der Waals surface area contributed by atoms with Gasteiger partial charge in [0.1, 0.15) is 0 Å². The average molecular weight is 266 g/mol. The molecule has 0 rings (SSSR count). The molecule has 0 aromatic rings.